The van der Waals surface area contributed by atoms with Gasteiger partial charge in [-0.05, 0) is 11.6 Å². The first kappa shape index (κ1) is 14.7. The largest absolute Gasteiger partial charge is 0.325 e. The second-order valence-corrected chi connectivity index (χ2v) is 5.29. The van der Waals surface area contributed by atoms with Crippen LogP contribution in [0.5, 0.6) is 0 Å². The van der Waals surface area contributed by atoms with Crippen molar-refractivity contribution < 1.29 is 17.2 Å². The van der Waals surface area contributed by atoms with Gasteiger partial charge in [0.15, 0.2) is 0 Å². The maximum atomic E-state index is 12.8. The molecule has 18 heavy (non-hydrogen) atoms. The zero-order valence-electron chi connectivity index (χ0n) is 9.51. The van der Waals surface area contributed by atoms with Gasteiger partial charge in [-0.25, -0.2) is 21.9 Å². The van der Waals surface area contributed by atoms with E-state index in [9.17, 15) is 17.2 Å². The fraction of sp³-hybridized carbons (Fsp3) is 0.273. The van der Waals surface area contributed by atoms with Crippen LogP contribution in [0.2, 0.25) is 0 Å². The molecule has 4 nitrogen and oxygen atoms in total. The number of hydrogen-bond donors (Lipinski definition) is 2. The molecule has 0 spiro atoms. The van der Waals surface area contributed by atoms with E-state index in [1.807, 2.05) is 0 Å². The summed E-state index contributed by atoms with van der Waals surface area (Å²) in [5, 5.41) is 0.842. The maximum absolute atomic E-state index is 12.8. The quantitative estimate of drug-likeness (QED) is 0.819. The monoisotopic (exact) mass is 276 g/mol. The van der Waals surface area contributed by atoms with Gasteiger partial charge in [0.1, 0.15) is 0 Å². The number of halogens is 2. The fourth-order valence-electron chi connectivity index (χ4n) is 1.06. The molecule has 1 rings (SSSR count). The first-order valence-electron chi connectivity index (χ1n) is 5.15. The molecule has 0 aliphatic carbocycles. The van der Waals surface area contributed by atoms with Crippen LogP contribution in [0.15, 0.2) is 35.7 Å². The minimum atomic E-state index is -3.89. The molecular weight excluding hydrogens is 262 g/mol. The average molecular weight is 276 g/mol. The van der Waals surface area contributed by atoms with E-state index in [2.05, 4.69) is 0 Å². The topological polar surface area (TPSA) is 72.2 Å². The van der Waals surface area contributed by atoms with Gasteiger partial charge in [0.2, 0.25) is 10.0 Å². The smallest absolute Gasteiger partial charge is 0.273 e. The molecule has 3 N–H and O–H groups in total. The van der Waals surface area contributed by atoms with Crippen molar-refractivity contribution >= 4 is 16.1 Å². The molecule has 0 atom stereocenters. The van der Waals surface area contributed by atoms with E-state index < -0.39 is 29.0 Å². The van der Waals surface area contributed by atoms with Crippen molar-refractivity contribution in [1.29, 1.82) is 0 Å². The Bertz CT molecular complexity index is 501. The molecule has 100 valence electrons. The third-order valence-electron chi connectivity index (χ3n) is 2.07. The Labute approximate surface area is 105 Å². The number of hydrogen-bond acceptors (Lipinski definition) is 3. The molecule has 0 amide bonds. The van der Waals surface area contributed by atoms with E-state index in [-0.39, 0.29) is 0 Å². The highest BCUT2D eigenvalue weighted by Gasteiger charge is 2.28. The van der Waals surface area contributed by atoms with Crippen LogP contribution in [0.25, 0.3) is 6.08 Å². The third kappa shape index (κ3) is 5.35. The number of rotatable bonds is 6. The Balaban J connectivity index is 2.63. The number of nitrogens with one attached hydrogen (secondary N) is 1. The minimum Gasteiger partial charge on any atom is -0.325 e. The molecule has 0 aliphatic heterocycles. The fourth-order valence-corrected chi connectivity index (χ4v) is 1.90. The van der Waals surface area contributed by atoms with E-state index in [1.165, 1.54) is 6.08 Å². The highest BCUT2D eigenvalue weighted by atomic mass is 32.2. The standard InChI is InChI=1S/C11H14F2N2O2S/c12-11(13,8-14)9-15-18(16,17)7-6-10-4-2-1-3-5-10/h1-7,15H,8-9,14H2/b7-6+. The molecule has 0 bridgehead atoms. The van der Waals surface area contributed by atoms with Crippen LogP contribution in [0.3, 0.4) is 0 Å². The van der Waals surface area contributed by atoms with Crippen molar-refractivity contribution in [3.05, 3.63) is 41.3 Å². The summed E-state index contributed by atoms with van der Waals surface area (Å²) in [5.74, 6) is -3.24. The molecule has 0 aliphatic rings. The molecule has 0 fully saturated rings. The lowest BCUT2D eigenvalue weighted by atomic mass is 10.2. The van der Waals surface area contributed by atoms with Crippen LogP contribution < -0.4 is 10.5 Å². The van der Waals surface area contributed by atoms with Crippen molar-refractivity contribution in [2.75, 3.05) is 13.1 Å². The van der Waals surface area contributed by atoms with Gasteiger partial charge in [0, 0.05) is 5.41 Å². The first-order chi connectivity index (χ1) is 8.35. The molecule has 0 aromatic heterocycles. The molecule has 1 aromatic carbocycles. The van der Waals surface area contributed by atoms with Gasteiger partial charge in [-0.2, -0.15) is 0 Å². The van der Waals surface area contributed by atoms with Crippen LogP contribution in [-0.4, -0.2) is 27.4 Å². The van der Waals surface area contributed by atoms with E-state index in [1.54, 1.807) is 35.1 Å². The number of sulfonamides is 1. The molecule has 0 heterocycles. The van der Waals surface area contributed by atoms with Crippen LogP contribution in [0, 0.1) is 0 Å². The van der Waals surface area contributed by atoms with Gasteiger partial charge in [-0.15, -0.1) is 0 Å². The van der Waals surface area contributed by atoms with Crippen LogP contribution in [-0.2, 0) is 10.0 Å². The molecule has 0 radical (unpaired) electrons. The van der Waals surface area contributed by atoms with Gasteiger partial charge < -0.3 is 5.73 Å². The summed E-state index contributed by atoms with van der Waals surface area (Å²) in [6, 6.07) is 8.65. The maximum Gasteiger partial charge on any atom is 0.273 e. The second-order valence-electron chi connectivity index (χ2n) is 3.64. The van der Waals surface area contributed by atoms with Gasteiger partial charge in [-0.3, -0.25) is 0 Å². The summed E-state index contributed by atoms with van der Waals surface area (Å²) in [7, 11) is -3.89. The van der Waals surface area contributed by atoms with E-state index in [0.717, 1.165) is 5.41 Å². The van der Waals surface area contributed by atoms with Crippen molar-refractivity contribution in [3.63, 3.8) is 0 Å². The minimum absolute atomic E-state index is 0.661. The molecule has 0 unspecified atom stereocenters. The molecule has 7 heteroatoms. The Kier molecular flexibility index (Phi) is 4.94. The molecule has 1 aromatic rings. The lowest BCUT2D eigenvalue weighted by Gasteiger charge is -2.13. The predicted octanol–water partition coefficient (Wildman–Crippen LogP) is 1.17. The summed E-state index contributed by atoms with van der Waals surface area (Å²) in [6.45, 7) is -1.91. The van der Waals surface area contributed by atoms with Crippen LogP contribution >= 0.6 is 0 Å². The normalized spacial score (nSPS) is 13.1. The number of benzene rings is 1. The summed E-state index contributed by atoms with van der Waals surface area (Å²) in [6.07, 6.45) is 1.32. The van der Waals surface area contributed by atoms with Crippen molar-refractivity contribution in [2.24, 2.45) is 5.73 Å². The number of nitrogens with two attached hydrogens (primary N) is 1. The summed E-state index contributed by atoms with van der Waals surface area (Å²) < 4.78 is 50.1. The lowest BCUT2D eigenvalue weighted by Crippen LogP contribution is -2.40. The summed E-state index contributed by atoms with van der Waals surface area (Å²) >= 11 is 0. The number of alkyl halides is 2. The van der Waals surface area contributed by atoms with Gasteiger partial charge in [0.05, 0.1) is 13.1 Å². The summed E-state index contributed by atoms with van der Waals surface area (Å²) in [4.78, 5) is 0. The molecule has 0 saturated carbocycles. The predicted molar refractivity (Wildman–Crippen MR) is 66.4 cm³/mol. The SMILES string of the molecule is NCC(F)(F)CNS(=O)(=O)/C=C/c1ccccc1. The van der Waals surface area contributed by atoms with E-state index in [0.29, 0.717) is 5.56 Å². The second kappa shape index (κ2) is 6.03. The van der Waals surface area contributed by atoms with Crippen molar-refractivity contribution in [1.82, 2.24) is 4.72 Å². The zero-order valence-corrected chi connectivity index (χ0v) is 10.3. The van der Waals surface area contributed by atoms with Crippen LogP contribution in [0.4, 0.5) is 8.78 Å². The zero-order chi connectivity index (χ0) is 13.6. The van der Waals surface area contributed by atoms with Gasteiger partial charge >= 0.3 is 0 Å². The average Bonchev–Trinajstić information content (AvgIpc) is 2.36. The lowest BCUT2D eigenvalue weighted by molar-refractivity contribution is 0.0171. The van der Waals surface area contributed by atoms with E-state index in [4.69, 9.17) is 5.73 Å². The van der Waals surface area contributed by atoms with Gasteiger partial charge in [0.25, 0.3) is 5.92 Å². The summed E-state index contributed by atoms with van der Waals surface area (Å²) in [5.41, 5.74) is 5.46. The van der Waals surface area contributed by atoms with Gasteiger partial charge in [-0.1, -0.05) is 30.3 Å². The molecular formula is C11H14F2N2O2S. The van der Waals surface area contributed by atoms with Crippen LogP contribution in [0.1, 0.15) is 5.56 Å². The Hall–Kier alpha value is -1.31. The first-order valence-corrected chi connectivity index (χ1v) is 6.70. The Morgan fingerprint density at radius 3 is 2.44 bits per heavy atom. The Morgan fingerprint density at radius 1 is 1.28 bits per heavy atom. The highest BCUT2D eigenvalue weighted by Crippen LogP contribution is 2.10. The highest BCUT2D eigenvalue weighted by molar-refractivity contribution is 7.92. The Morgan fingerprint density at radius 2 is 1.89 bits per heavy atom. The molecule has 0 saturated heterocycles. The van der Waals surface area contributed by atoms with Crippen molar-refractivity contribution in [3.8, 4) is 0 Å². The van der Waals surface area contributed by atoms with Crippen molar-refractivity contribution in [2.45, 2.75) is 5.92 Å². The third-order valence-corrected chi connectivity index (χ3v) is 3.11. The van der Waals surface area contributed by atoms with E-state index >= 15 is 0 Å².